The predicted molar refractivity (Wildman–Crippen MR) is 134 cm³/mol. The zero-order valence-electron chi connectivity index (χ0n) is 20.9. The van der Waals surface area contributed by atoms with Crippen molar-refractivity contribution in [1.29, 1.82) is 0 Å². The van der Waals surface area contributed by atoms with Gasteiger partial charge in [0.05, 0.1) is 6.61 Å². The molecule has 0 amide bonds. The van der Waals surface area contributed by atoms with Crippen molar-refractivity contribution in [3.63, 3.8) is 0 Å². The maximum absolute atomic E-state index is 11.8. The third kappa shape index (κ3) is 6.33. The molecule has 0 heterocycles. The van der Waals surface area contributed by atoms with Crippen LogP contribution in [0.3, 0.4) is 0 Å². The molecular formula is C28H40O6. The van der Waals surface area contributed by atoms with Gasteiger partial charge in [0, 0.05) is 12.8 Å². The van der Waals surface area contributed by atoms with Crippen molar-refractivity contribution in [3.05, 3.63) is 81.9 Å². The molecule has 2 aromatic rings. The molecule has 0 aliphatic heterocycles. The van der Waals surface area contributed by atoms with Crippen LogP contribution in [-0.4, -0.2) is 66.8 Å². The van der Waals surface area contributed by atoms with Gasteiger partial charge in [0.1, 0.15) is 29.5 Å². The molecule has 1 unspecified atom stereocenters. The lowest BCUT2D eigenvalue weighted by molar-refractivity contribution is -0.228. The normalized spacial score (nSPS) is 18.0. The maximum Gasteiger partial charge on any atom is 0.126 e. The molecule has 0 radical (unpaired) electrons. The average molecular weight is 473 g/mol. The van der Waals surface area contributed by atoms with Gasteiger partial charge in [0.2, 0.25) is 0 Å². The van der Waals surface area contributed by atoms with E-state index in [1.165, 1.54) is 0 Å². The summed E-state index contributed by atoms with van der Waals surface area (Å²) in [5.74, 6) is 0. The molecule has 0 aliphatic carbocycles. The van der Waals surface area contributed by atoms with E-state index in [0.29, 0.717) is 11.1 Å². The molecule has 2 rings (SSSR count). The van der Waals surface area contributed by atoms with Gasteiger partial charge < -0.3 is 30.6 Å². The van der Waals surface area contributed by atoms with Crippen molar-refractivity contribution in [2.45, 2.75) is 83.4 Å². The van der Waals surface area contributed by atoms with Crippen LogP contribution in [0.25, 0.3) is 0 Å². The first-order valence-electron chi connectivity index (χ1n) is 11.6. The Balaban J connectivity index is 2.63. The average Bonchev–Trinajstić information content (AvgIpc) is 2.76. The first kappa shape index (κ1) is 28.2. The van der Waals surface area contributed by atoms with Crippen LogP contribution in [0, 0.1) is 27.7 Å². The highest BCUT2D eigenvalue weighted by molar-refractivity contribution is 5.35. The fraction of sp³-hybridized carbons (Fsp3) is 0.500. The Morgan fingerprint density at radius 1 is 0.853 bits per heavy atom. The Morgan fingerprint density at radius 2 is 1.32 bits per heavy atom. The van der Waals surface area contributed by atoms with E-state index in [9.17, 15) is 30.6 Å². The Morgan fingerprint density at radius 3 is 1.76 bits per heavy atom. The lowest BCUT2D eigenvalue weighted by Crippen LogP contribution is -2.66. The van der Waals surface area contributed by atoms with Gasteiger partial charge in [-0.25, -0.2) is 0 Å². The Hall–Kier alpha value is -2.06. The zero-order valence-corrected chi connectivity index (χ0v) is 20.9. The van der Waals surface area contributed by atoms with Crippen molar-refractivity contribution < 1.29 is 30.6 Å². The van der Waals surface area contributed by atoms with Crippen molar-refractivity contribution in [2.75, 3.05) is 6.61 Å². The number of hydrogen-bond acceptors (Lipinski definition) is 6. The molecular weight excluding hydrogens is 432 g/mol. The lowest BCUT2D eigenvalue weighted by atomic mass is 9.70. The summed E-state index contributed by atoms with van der Waals surface area (Å²) in [7, 11) is 0. The van der Waals surface area contributed by atoms with Crippen molar-refractivity contribution in [3.8, 4) is 0 Å². The molecule has 5 atom stereocenters. The molecule has 2 aromatic carbocycles. The number of hydrogen-bond donors (Lipinski definition) is 6. The summed E-state index contributed by atoms with van der Waals surface area (Å²) >= 11 is 0. The summed E-state index contributed by atoms with van der Waals surface area (Å²) in [5, 5.41) is 65.9. The summed E-state index contributed by atoms with van der Waals surface area (Å²) in [4.78, 5) is 0. The zero-order chi connectivity index (χ0) is 25.8. The van der Waals surface area contributed by atoms with Crippen LogP contribution in [0.5, 0.6) is 0 Å². The molecule has 188 valence electrons. The van der Waals surface area contributed by atoms with Crippen LogP contribution >= 0.6 is 0 Å². The van der Waals surface area contributed by atoms with Crippen molar-refractivity contribution in [1.82, 2.24) is 0 Å². The molecule has 0 fully saturated rings. The Labute approximate surface area is 202 Å². The predicted octanol–water partition coefficient (Wildman–Crippen LogP) is 2.21. The topological polar surface area (TPSA) is 121 Å². The van der Waals surface area contributed by atoms with Crippen molar-refractivity contribution >= 4 is 0 Å². The van der Waals surface area contributed by atoms with Gasteiger partial charge in [-0.3, -0.25) is 0 Å². The molecule has 0 saturated heterocycles. The van der Waals surface area contributed by atoms with E-state index in [2.05, 4.69) is 6.58 Å². The molecule has 34 heavy (non-hydrogen) atoms. The summed E-state index contributed by atoms with van der Waals surface area (Å²) in [6, 6.07) is 11.4. The first-order valence-corrected chi connectivity index (χ1v) is 11.6. The second kappa shape index (κ2) is 11.1. The van der Waals surface area contributed by atoms with Crippen LogP contribution in [0.15, 0.2) is 48.6 Å². The first-order chi connectivity index (χ1) is 15.7. The molecule has 0 aromatic heterocycles. The van der Waals surface area contributed by atoms with Crippen LogP contribution < -0.4 is 0 Å². The molecule has 6 N–H and O–H groups in total. The fourth-order valence-electron chi connectivity index (χ4n) is 4.66. The maximum atomic E-state index is 11.8. The van der Waals surface area contributed by atoms with E-state index < -0.39 is 36.1 Å². The van der Waals surface area contributed by atoms with E-state index in [1.54, 1.807) is 6.92 Å². The third-order valence-electron chi connectivity index (χ3n) is 6.63. The molecule has 0 bridgehead atoms. The fourth-order valence-corrected chi connectivity index (χ4v) is 4.66. The standard InChI is InChI=1S/C28H40O6/c1-17(2)13-27(33,14-22-11-18(3)7-9-20(22)5)26(32)28(34,25(31)24(30)16-29)15-23-12-19(4)8-10-21(23)6/h7-12,24-26,29-34H,1,13-16H2,2-6H3/t24-,25+,26+,27?,28+/m0/s1. The number of aliphatic hydroxyl groups is 6. The molecule has 6 heteroatoms. The number of aryl methyl sites for hydroxylation is 4. The number of aliphatic hydroxyl groups excluding tert-OH is 4. The van der Waals surface area contributed by atoms with Crippen molar-refractivity contribution in [2.24, 2.45) is 0 Å². The largest absolute Gasteiger partial charge is 0.394 e. The molecule has 6 nitrogen and oxygen atoms in total. The smallest absolute Gasteiger partial charge is 0.126 e. The third-order valence-corrected chi connectivity index (χ3v) is 6.63. The van der Waals surface area contributed by atoms with Crippen LogP contribution in [0.2, 0.25) is 0 Å². The van der Waals surface area contributed by atoms with Gasteiger partial charge in [-0.05, 0) is 63.3 Å². The van der Waals surface area contributed by atoms with Gasteiger partial charge in [-0.2, -0.15) is 0 Å². The minimum atomic E-state index is -2.37. The SMILES string of the molecule is C=C(C)CC(O)(Cc1cc(C)ccc1C)[C@@H](O)[C@@](O)(Cc1cc(C)ccc1C)[C@H](O)[C@@H](O)CO. The highest BCUT2D eigenvalue weighted by Crippen LogP contribution is 2.37. The van der Waals surface area contributed by atoms with Gasteiger partial charge in [-0.15, -0.1) is 6.58 Å². The van der Waals surface area contributed by atoms with Gasteiger partial charge in [0.25, 0.3) is 0 Å². The summed E-state index contributed by atoms with van der Waals surface area (Å²) in [5.41, 5.74) is 1.36. The summed E-state index contributed by atoms with van der Waals surface area (Å²) in [6.45, 7) is 12.3. The monoisotopic (exact) mass is 472 g/mol. The lowest BCUT2D eigenvalue weighted by Gasteiger charge is -2.46. The van der Waals surface area contributed by atoms with Gasteiger partial charge in [0.15, 0.2) is 0 Å². The minimum Gasteiger partial charge on any atom is -0.394 e. The van der Waals surface area contributed by atoms with Gasteiger partial charge >= 0.3 is 0 Å². The molecule has 0 aliphatic rings. The van der Waals surface area contributed by atoms with E-state index in [-0.39, 0.29) is 19.3 Å². The van der Waals surface area contributed by atoms with Crippen LogP contribution in [-0.2, 0) is 12.8 Å². The molecule has 0 spiro atoms. The quantitative estimate of drug-likeness (QED) is 0.279. The summed E-state index contributed by atoms with van der Waals surface area (Å²) in [6.07, 6.45) is -5.83. The summed E-state index contributed by atoms with van der Waals surface area (Å²) < 4.78 is 0. The number of rotatable bonds is 11. The van der Waals surface area contributed by atoms with E-state index in [0.717, 1.165) is 27.8 Å². The van der Waals surface area contributed by atoms with E-state index >= 15 is 0 Å². The van der Waals surface area contributed by atoms with Crippen LogP contribution in [0.1, 0.15) is 46.7 Å². The Bertz CT molecular complexity index is 1000. The second-order valence-electron chi connectivity index (χ2n) is 10.0. The highest BCUT2D eigenvalue weighted by atomic mass is 16.4. The van der Waals surface area contributed by atoms with E-state index in [1.807, 2.05) is 64.1 Å². The van der Waals surface area contributed by atoms with E-state index in [4.69, 9.17) is 0 Å². The number of benzene rings is 2. The molecule has 0 saturated carbocycles. The van der Waals surface area contributed by atoms with Crippen LogP contribution in [0.4, 0.5) is 0 Å². The van der Waals surface area contributed by atoms with Gasteiger partial charge in [-0.1, -0.05) is 53.1 Å². The highest BCUT2D eigenvalue weighted by Gasteiger charge is 2.54. The second-order valence-corrected chi connectivity index (χ2v) is 10.0. The minimum absolute atomic E-state index is 0.00834. The Kier molecular flexibility index (Phi) is 9.22.